The van der Waals surface area contributed by atoms with Crippen molar-refractivity contribution in [2.45, 2.75) is 18.4 Å². The van der Waals surface area contributed by atoms with E-state index in [2.05, 4.69) is 5.32 Å². The van der Waals surface area contributed by atoms with Crippen molar-refractivity contribution in [2.24, 2.45) is 0 Å². The van der Waals surface area contributed by atoms with Crippen molar-refractivity contribution in [2.75, 3.05) is 33.0 Å². The number of urea groups is 1. The van der Waals surface area contributed by atoms with Gasteiger partial charge in [-0.05, 0) is 43.2 Å². The Morgan fingerprint density at radius 3 is 2.56 bits per heavy atom. The van der Waals surface area contributed by atoms with Crippen LogP contribution in [0.4, 0.5) is 4.79 Å². The van der Waals surface area contributed by atoms with E-state index < -0.39 is 11.6 Å². The molecule has 2 fully saturated rings. The van der Waals surface area contributed by atoms with E-state index in [9.17, 15) is 14.4 Å². The topological polar surface area (TPSA) is 97.4 Å². The van der Waals surface area contributed by atoms with E-state index >= 15 is 0 Å². The van der Waals surface area contributed by atoms with E-state index in [0.717, 1.165) is 0 Å². The van der Waals surface area contributed by atoms with E-state index in [1.807, 2.05) is 30.3 Å². The van der Waals surface area contributed by atoms with Crippen molar-refractivity contribution in [3.05, 3.63) is 54.1 Å². The Hall–Kier alpha value is -3.75. The summed E-state index contributed by atoms with van der Waals surface area (Å²) >= 11 is 0. The Morgan fingerprint density at radius 1 is 1.03 bits per heavy atom. The molecule has 32 heavy (non-hydrogen) atoms. The molecule has 166 valence electrons. The van der Waals surface area contributed by atoms with Crippen molar-refractivity contribution in [1.82, 2.24) is 15.1 Å². The summed E-state index contributed by atoms with van der Waals surface area (Å²) < 4.78 is 16.3. The fourth-order valence-electron chi connectivity index (χ4n) is 4.29. The first kappa shape index (κ1) is 20.2. The molecule has 0 bridgehead atoms. The molecule has 0 radical (unpaired) electrons. The number of piperidine rings is 1. The first-order chi connectivity index (χ1) is 15.6. The Morgan fingerprint density at radius 2 is 1.78 bits per heavy atom. The zero-order chi connectivity index (χ0) is 22.1. The summed E-state index contributed by atoms with van der Waals surface area (Å²) in [4.78, 5) is 41.4. The SMILES string of the molecule is O=C(c1ccc2c(c1)OCO2)N1CCC2(CC1)NC(=O)N(CCOc1ccccc1)C2=O. The van der Waals surface area contributed by atoms with E-state index in [0.29, 0.717) is 48.7 Å². The molecular weight excluding hydrogens is 414 g/mol. The number of hydrogen-bond donors (Lipinski definition) is 1. The van der Waals surface area contributed by atoms with Gasteiger partial charge in [-0.1, -0.05) is 18.2 Å². The lowest BCUT2D eigenvalue weighted by molar-refractivity contribution is -0.133. The lowest BCUT2D eigenvalue weighted by Gasteiger charge is -2.37. The normalized spacial score (nSPS) is 18.8. The number of carbonyl (C=O) groups is 3. The molecule has 3 heterocycles. The Bertz CT molecular complexity index is 1050. The number of imide groups is 1. The third-order valence-electron chi connectivity index (χ3n) is 6.10. The summed E-state index contributed by atoms with van der Waals surface area (Å²) in [5, 5.41) is 2.86. The van der Waals surface area contributed by atoms with Gasteiger partial charge in [-0.25, -0.2) is 4.79 Å². The van der Waals surface area contributed by atoms with Crippen LogP contribution in [0.25, 0.3) is 0 Å². The standard InChI is InChI=1S/C23H23N3O6/c27-20(16-6-7-18-19(14-16)32-15-31-18)25-10-8-23(9-11-25)21(28)26(22(29)24-23)12-13-30-17-4-2-1-3-5-17/h1-7,14H,8-13,15H2,(H,24,29). The number of nitrogens with one attached hydrogen (secondary N) is 1. The van der Waals surface area contributed by atoms with E-state index in [1.54, 1.807) is 23.1 Å². The molecule has 0 aromatic heterocycles. The maximum atomic E-state index is 13.1. The molecule has 2 saturated heterocycles. The fraction of sp³-hybridized carbons (Fsp3) is 0.348. The molecule has 2 aromatic carbocycles. The summed E-state index contributed by atoms with van der Waals surface area (Å²) in [6, 6.07) is 13.9. The van der Waals surface area contributed by atoms with Crippen molar-refractivity contribution in [1.29, 1.82) is 0 Å². The number of para-hydroxylation sites is 1. The van der Waals surface area contributed by atoms with Crippen molar-refractivity contribution < 1.29 is 28.6 Å². The first-order valence-corrected chi connectivity index (χ1v) is 10.6. The molecule has 9 nitrogen and oxygen atoms in total. The minimum atomic E-state index is -0.963. The second-order valence-electron chi connectivity index (χ2n) is 7.99. The van der Waals surface area contributed by atoms with Gasteiger partial charge in [0.25, 0.3) is 11.8 Å². The molecule has 2 aromatic rings. The quantitative estimate of drug-likeness (QED) is 0.719. The summed E-state index contributed by atoms with van der Waals surface area (Å²) in [6.07, 6.45) is 0.730. The van der Waals surface area contributed by atoms with Crippen molar-refractivity contribution in [3.8, 4) is 17.2 Å². The number of hydrogen-bond acceptors (Lipinski definition) is 6. The lowest BCUT2D eigenvalue weighted by atomic mass is 9.87. The van der Waals surface area contributed by atoms with Gasteiger partial charge in [0.05, 0.1) is 6.54 Å². The minimum absolute atomic E-state index is 0.136. The van der Waals surface area contributed by atoms with Gasteiger partial charge in [0.15, 0.2) is 11.5 Å². The van der Waals surface area contributed by atoms with Crippen LogP contribution < -0.4 is 19.5 Å². The fourth-order valence-corrected chi connectivity index (χ4v) is 4.29. The van der Waals surface area contributed by atoms with Crippen LogP contribution in [-0.4, -0.2) is 66.2 Å². The number of benzene rings is 2. The van der Waals surface area contributed by atoms with Gasteiger partial charge in [-0.15, -0.1) is 0 Å². The third kappa shape index (κ3) is 3.59. The predicted molar refractivity (Wildman–Crippen MR) is 113 cm³/mol. The van der Waals surface area contributed by atoms with E-state index in [4.69, 9.17) is 14.2 Å². The zero-order valence-corrected chi connectivity index (χ0v) is 17.4. The molecule has 0 aliphatic carbocycles. The maximum Gasteiger partial charge on any atom is 0.325 e. The van der Waals surface area contributed by atoms with Gasteiger partial charge < -0.3 is 24.4 Å². The van der Waals surface area contributed by atoms with Gasteiger partial charge in [0, 0.05) is 18.7 Å². The highest BCUT2D eigenvalue weighted by Crippen LogP contribution is 2.34. The third-order valence-corrected chi connectivity index (χ3v) is 6.10. The zero-order valence-electron chi connectivity index (χ0n) is 17.4. The molecule has 9 heteroatoms. The number of likely N-dealkylation sites (tertiary alicyclic amines) is 1. The molecule has 4 amide bonds. The molecule has 0 unspecified atom stereocenters. The summed E-state index contributed by atoms with van der Waals surface area (Å²) in [5.74, 6) is 1.47. The summed E-state index contributed by atoms with van der Waals surface area (Å²) in [6.45, 7) is 1.27. The van der Waals surface area contributed by atoms with Crippen LogP contribution in [0.2, 0.25) is 0 Å². The second kappa shape index (κ2) is 8.07. The molecular formula is C23H23N3O6. The van der Waals surface area contributed by atoms with Crippen molar-refractivity contribution in [3.63, 3.8) is 0 Å². The number of carbonyl (C=O) groups excluding carboxylic acids is 3. The van der Waals surface area contributed by atoms with Gasteiger partial charge >= 0.3 is 6.03 Å². The van der Waals surface area contributed by atoms with E-state index in [1.165, 1.54) is 4.90 Å². The van der Waals surface area contributed by atoms with Crippen LogP contribution in [0.5, 0.6) is 17.2 Å². The average Bonchev–Trinajstić information content (AvgIpc) is 3.38. The average molecular weight is 437 g/mol. The van der Waals surface area contributed by atoms with Gasteiger partial charge in [0.1, 0.15) is 17.9 Å². The molecule has 3 aliphatic heterocycles. The molecule has 0 saturated carbocycles. The van der Waals surface area contributed by atoms with Crippen LogP contribution in [0, 0.1) is 0 Å². The number of rotatable bonds is 5. The van der Waals surface area contributed by atoms with E-state index in [-0.39, 0.29) is 31.8 Å². The number of ether oxygens (including phenoxy) is 3. The van der Waals surface area contributed by atoms with Gasteiger partial charge in [-0.2, -0.15) is 0 Å². The van der Waals surface area contributed by atoms with Crippen LogP contribution in [0.1, 0.15) is 23.2 Å². The molecule has 3 aliphatic rings. The molecule has 1 spiro atoms. The Labute approximate surface area is 184 Å². The Kier molecular flexibility index (Phi) is 5.08. The monoisotopic (exact) mass is 437 g/mol. The highest BCUT2D eigenvalue weighted by molar-refractivity contribution is 6.07. The number of amides is 4. The molecule has 0 atom stereocenters. The second-order valence-corrected chi connectivity index (χ2v) is 7.99. The predicted octanol–water partition coefficient (Wildman–Crippen LogP) is 2.02. The van der Waals surface area contributed by atoms with Gasteiger partial charge in [0.2, 0.25) is 6.79 Å². The van der Waals surface area contributed by atoms with Crippen LogP contribution in [-0.2, 0) is 4.79 Å². The van der Waals surface area contributed by atoms with Crippen molar-refractivity contribution >= 4 is 17.8 Å². The summed E-state index contributed by atoms with van der Waals surface area (Å²) in [5.41, 5.74) is -0.457. The minimum Gasteiger partial charge on any atom is -0.492 e. The van der Waals surface area contributed by atoms with Crippen LogP contribution in [0.3, 0.4) is 0 Å². The number of fused-ring (bicyclic) bond motifs is 1. The summed E-state index contributed by atoms with van der Waals surface area (Å²) in [7, 11) is 0. The molecule has 1 N–H and O–H groups in total. The highest BCUT2D eigenvalue weighted by atomic mass is 16.7. The smallest absolute Gasteiger partial charge is 0.325 e. The van der Waals surface area contributed by atoms with Gasteiger partial charge in [-0.3, -0.25) is 14.5 Å². The maximum absolute atomic E-state index is 13.1. The lowest BCUT2D eigenvalue weighted by Crippen LogP contribution is -2.56. The first-order valence-electron chi connectivity index (χ1n) is 10.6. The molecule has 5 rings (SSSR count). The largest absolute Gasteiger partial charge is 0.492 e. The Balaban J connectivity index is 1.18. The number of nitrogens with zero attached hydrogens (tertiary/aromatic N) is 2. The van der Waals surface area contributed by atoms with Crippen LogP contribution >= 0.6 is 0 Å². The highest BCUT2D eigenvalue weighted by Gasteiger charge is 2.52. The van der Waals surface area contributed by atoms with Crippen LogP contribution in [0.15, 0.2) is 48.5 Å².